The lowest BCUT2D eigenvalue weighted by Crippen LogP contribution is -2.30. The van der Waals surface area contributed by atoms with Gasteiger partial charge in [-0.05, 0) is 5.56 Å². The van der Waals surface area contributed by atoms with E-state index in [2.05, 4.69) is 14.7 Å². The lowest BCUT2D eigenvalue weighted by Gasteiger charge is -2.23. The van der Waals surface area contributed by atoms with Gasteiger partial charge in [-0.3, -0.25) is 4.98 Å². The molecule has 0 aliphatic heterocycles. The van der Waals surface area contributed by atoms with Crippen molar-refractivity contribution in [1.82, 2.24) is 9.97 Å². The summed E-state index contributed by atoms with van der Waals surface area (Å²) in [6.07, 6.45) is 3.00. The SMILES string of the molecule is COC(=O)c1cncc(N(CCN)Cc2ccccc2)n1. The van der Waals surface area contributed by atoms with Crippen molar-refractivity contribution in [3.05, 3.63) is 54.0 Å². The fourth-order valence-corrected chi connectivity index (χ4v) is 1.95. The zero-order valence-corrected chi connectivity index (χ0v) is 11.9. The minimum Gasteiger partial charge on any atom is -0.464 e. The van der Waals surface area contributed by atoms with Gasteiger partial charge in [-0.2, -0.15) is 0 Å². The maximum atomic E-state index is 11.5. The number of nitrogens with zero attached hydrogens (tertiary/aromatic N) is 3. The van der Waals surface area contributed by atoms with Crippen molar-refractivity contribution < 1.29 is 9.53 Å². The molecule has 0 radical (unpaired) electrons. The first-order valence-corrected chi connectivity index (χ1v) is 6.64. The molecule has 0 saturated heterocycles. The molecule has 0 spiro atoms. The second kappa shape index (κ2) is 7.35. The molecule has 0 fully saturated rings. The predicted octanol–water partition coefficient (Wildman–Crippen LogP) is 1.23. The number of ether oxygens (including phenoxy) is 1. The summed E-state index contributed by atoms with van der Waals surface area (Å²) in [6, 6.07) is 9.98. The van der Waals surface area contributed by atoms with Crippen LogP contribution in [0.3, 0.4) is 0 Å². The summed E-state index contributed by atoms with van der Waals surface area (Å²) in [6.45, 7) is 1.75. The van der Waals surface area contributed by atoms with E-state index in [9.17, 15) is 4.79 Å². The summed E-state index contributed by atoms with van der Waals surface area (Å²) in [5.41, 5.74) is 6.98. The molecule has 0 bridgehead atoms. The molecule has 6 nitrogen and oxygen atoms in total. The zero-order valence-electron chi connectivity index (χ0n) is 11.9. The molecule has 1 heterocycles. The van der Waals surface area contributed by atoms with Crippen LogP contribution in [0, 0.1) is 0 Å². The highest BCUT2D eigenvalue weighted by Crippen LogP contribution is 2.14. The molecule has 21 heavy (non-hydrogen) atoms. The third-order valence-electron chi connectivity index (χ3n) is 2.96. The van der Waals surface area contributed by atoms with E-state index in [1.807, 2.05) is 35.2 Å². The Kier molecular flexibility index (Phi) is 5.22. The number of carbonyl (C=O) groups is 1. The number of hydrogen-bond donors (Lipinski definition) is 1. The van der Waals surface area contributed by atoms with Gasteiger partial charge in [-0.25, -0.2) is 9.78 Å². The molecular formula is C15H18N4O2. The number of carbonyl (C=O) groups excluding carboxylic acids is 1. The average molecular weight is 286 g/mol. The van der Waals surface area contributed by atoms with Gasteiger partial charge >= 0.3 is 5.97 Å². The van der Waals surface area contributed by atoms with Crippen LogP contribution in [0.2, 0.25) is 0 Å². The van der Waals surface area contributed by atoms with Crippen molar-refractivity contribution >= 4 is 11.8 Å². The molecule has 110 valence electrons. The monoisotopic (exact) mass is 286 g/mol. The Morgan fingerprint density at radius 3 is 2.71 bits per heavy atom. The van der Waals surface area contributed by atoms with Crippen molar-refractivity contribution in [3.63, 3.8) is 0 Å². The van der Waals surface area contributed by atoms with Crippen LogP contribution in [0.25, 0.3) is 0 Å². The van der Waals surface area contributed by atoms with Gasteiger partial charge in [0.2, 0.25) is 0 Å². The molecule has 0 saturated carbocycles. The lowest BCUT2D eigenvalue weighted by atomic mass is 10.2. The fourth-order valence-electron chi connectivity index (χ4n) is 1.95. The van der Waals surface area contributed by atoms with E-state index < -0.39 is 5.97 Å². The minimum atomic E-state index is -0.503. The first-order chi connectivity index (χ1) is 10.2. The molecule has 0 amide bonds. The van der Waals surface area contributed by atoms with Crippen molar-refractivity contribution in [2.75, 3.05) is 25.1 Å². The van der Waals surface area contributed by atoms with Crippen molar-refractivity contribution in [1.29, 1.82) is 0 Å². The second-order valence-electron chi connectivity index (χ2n) is 4.45. The van der Waals surface area contributed by atoms with Crippen LogP contribution in [-0.2, 0) is 11.3 Å². The lowest BCUT2D eigenvalue weighted by molar-refractivity contribution is 0.0593. The first-order valence-electron chi connectivity index (χ1n) is 6.64. The van der Waals surface area contributed by atoms with Gasteiger partial charge in [0.15, 0.2) is 5.69 Å². The van der Waals surface area contributed by atoms with Crippen molar-refractivity contribution in [3.8, 4) is 0 Å². The van der Waals surface area contributed by atoms with E-state index in [4.69, 9.17) is 5.73 Å². The average Bonchev–Trinajstić information content (AvgIpc) is 2.55. The Hall–Kier alpha value is -2.47. The molecule has 1 aromatic carbocycles. The molecule has 1 aromatic heterocycles. The number of methoxy groups -OCH3 is 1. The highest BCUT2D eigenvalue weighted by Gasteiger charge is 2.13. The molecule has 2 N–H and O–H groups in total. The van der Waals surface area contributed by atoms with E-state index in [-0.39, 0.29) is 5.69 Å². The van der Waals surface area contributed by atoms with Gasteiger partial charge in [-0.15, -0.1) is 0 Å². The summed E-state index contributed by atoms with van der Waals surface area (Å²) in [4.78, 5) is 21.9. The van der Waals surface area contributed by atoms with Gasteiger partial charge in [0.25, 0.3) is 0 Å². The fraction of sp³-hybridized carbons (Fsp3) is 0.267. The number of hydrogen-bond acceptors (Lipinski definition) is 6. The van der Waals surface area contributed by atoms with Crippen LogP contribution in [-0.4, -0.2) is 36.1 Å². The summed E-state index contributed by atoms with van der Waals surface area (Å²) in [5, 5.41) is 0. The number of anilines is 1. The van der Waals surface area contributed by atoms with Crippen LogP contribution in [0.15, 0.2) is 42.7 Å². The van der Waals surface area contributed by atoms with Crippen LogP contribution in [0.4, 0.5) is 5.82 Å². The number of rotatable bonds is 6. The molecule has 0 aliphatic carbocycles. The topological polar surface area (TPSA) is 81.3 Å². The standard InChI is InChI=1S/C15H18N4O2/c1-21-15(20)13-9-17-10-14(18-13)19(8-7-16)11-12-5-3-2-4-6-12/h2-6,9-10H,7-8,11,16H2,1H3. The Labute approximate surface area is 123 Å². The molecule has 0 aliphatic rings. The van der Waals surface area contributed by atoms with Gasteiger partial charge in [0.05, 0.1) is 19.5 Å². The van der Waals surface area contributed by atoms with Gasteiger partial charge in [0.1, 0.15) is 5.82 Å². The minimum absolute atomic E-state index is 0.185. The molecule has 6 heteroatoms. The normalized spacial score (nSPS) is 10.2. The third-order valence-corrected chi connectivity index (χ3v) is 2.96. The van der Waals surface area contributed by atoms with E-state index in [1.165, 1.54) is 13.3 Å². The molecule has 0 unspecified atom stereocenters. The largest absolute Gasteiger partial charge is 0.464 e. The summed E-state index contributed by atoms with van der Waals surface area (Å²) < 4.78 is 4.66. The molecule has 2 rings (SSSR count). The Balaban J connectivity index is 2.23. The smallest absolute Gasteiger partial charge is 0.358 e. The van der Waals surface area contributed by atoms with Crippen molar-refractivity contribution in [2.24, 2.45) is 5.73 Å². The quantitative estimate of drug-likeness (QED) is 0.804. The van der Waals surface area contributed by atoms with Gasteiger partial charge in [-0.1, -0.05) is 30.3 Å². The van der Waals surface area contributed by atoms with Gasteiger partial charge in [0, 0.05) is 19.6 Å². The van der Waals surface area contributed by atoms with E-state index in [1.54, 1.807) is 6.20 Å². The Bertz CT molecular complexity index is 589. The summed E-state index contributed by atoms with van der Waals surface area (Å²) in [5.74, 6) is 0.101. The number of esters is 1. The van der Waals surface area contributed by atoms with E-state index in [0.717, 1.165) is 5.56 Å². The van der Waals surface area contributed by atoms with E-state index >= 15 is 0 Å². The van der Waals surface area contributed by atoms with Crippen LogP contribution in [0.5, 0.6) is 0 Å². The Morgan fingerprint density at radius 1 is 1.29 bits per heavy atom. The van der Waals surface area contributed by atoms with Crippen molar-refractivity contribution in [2.45, 2.75) is 6.54 Å². The molecular weight excluding hydrogens is 268 g/mol. The molecule has 0 atom stereocenters. The van der Waals surface area contributed by atoms with Crippen LogP contribution < -0.4 is 10.6 Å². The van der Waals surface area contributed by atoms with Crippen LogP contribution >= 0.6 is 0 Å². The maximum Gasteiger partial charge on any atom is 0.358 e. The second-order valence-corrected chi connectivity index (χ2v) is 4.45. The van der Waals surface area contributed by atoms with E-state index in [0.29, 0.717) is 25.5 Å². The third kappa shape index (κ3) is 4.00. The highest BCUT2D eigenvalue weighted by atomic mass is 16.5. The number of benzene rings is 1. The highest BCUT2D eigenvalue weighted by molar-refractivity contribution is 5.87. The van der Waals surface area contributed by atoms with Gasteiger partial charge < -0.3 is 15.4 Å². The number of nitrogens with two attached hydrogens (primary N) is 1. The summed E-state index contributed by atoms with van der Waals surface area (Å²) in [7, 11) is 1.32. The first kappa shape index (κ1) is 14.9. The number of aromatic nitrogens is 2. The van der Waals surface area contributed by atoms with Crippen LogP contribution in [0.1, 0.15) is 16.1 Å². The predicted molar refractivity (Wildman–Crippen MR) is 79.9 cm³/mol. The zero-order chi connectivity index (χ0) is 15.1. The molecule has 2 aromatic rings. The Morgan fingerprint density at radius 2 is 2.05 bits per heavy atom. The summed E-state index contributed by atoms with van der Waals surface area (Å²) >= 11 is 0. The maximum absolute atomic E-state index is 11.5.